The number of carbonyl (C=O) groups is 1. The summed E-state index contributed by atoms with van der Waals surface area (Å²) < 4.78 is 5.69. The van der Waals surface area contributed by atoms with Crippen LogP contribution in [0.5, 0.6) is 5.75 Å². The molecule has 25 heavy (non-hydrogen) atoms. The second-order valence-corrected chi connectivity index (χ2v) is 6.26. The molecule has 0 bridgehead atoms. The van der Waals surface area contributed by atoms with Gasteiger partial charge in [0.05, 0.1) is 11.6 Å². The molecule has 3 nitrogen and oxygen atoms in total. The van der Waals surface area contributed by atoms with Gasteiger partial charge in [0.2, 0.25) is 0 Å². The molecule has 1 atom stereocenters. The van der Waals surface area contributed by atoms with Crippen LogP contribution >= 0.6 is 0 Å². The van der Waals surface area contributed by atoms with Crippen molar-refractivity contribution in [2.75, 3.05) is 6.61 Å². The van der Waals surface area contributed by atoms with Gasteiger partial charge < -0.3 is 10.1 Å². The molecule has 1 aliphatic heterocycles. The van der Waals surface area contributed by atoms with Gasteiger partial charge in [0.1, 0.15) is 12.4 Å². The summed E-state index contributed by atoms with van der Waals surface area (Å²) >= 11 is 0. The topological polar surface area (TPSA) is 38.3 Å². The number of ether oxygens (including phenoxy) is 1. The van der Waals surface area contributed by atoms with E-state index in [1.807, 2.05) is 55.5 Å². The zero-order valence-corrected chi connectivity index (χ0v) is 14.0. The number of rotatable bonds is 3. The van der Waals surface area contributed by atoms with Crippen molar-refractivity contribution in [2.24, 2.45) is 0 Å². The second-order valence-electron chi connectivity index (χ2n) is 6.26. The Morgan fingerprint density at radius 1 is 1.00 bits per heavy atom. The van der Waals surface area contributed by atoms with Gasteiger partial charge in [-0.3, -0.25) is 4.79 Å². The first-order chi connectivity index (χ1) is 12.2. The fraction of sp³-hybridized carbons (Fsp3) is 0.136. The van der Waals surface area contributed by atoms with Gasteiger partial charge in [-0.15, -0.1) is 0 Å². The zero-order chi connectivity index (χ0) is 17.2. The molecule has 0 saturated carbocycles. The molecule has 1 amide bonds. The lowest BCUT2D eigenvalue weighted by Gasteiger charge is -2.20. The van der Waals surface area contributed by atoms with Crippen molar-refractivity contribution in [1.82, 2.24) is 5.32 Å². The van der Waals surface area contributed by atoms with Gasteiger partial charge in [-0.1, -0.05) is 60.7 Å². The first-order valence-electron chi connectivity index (χ1n) is 8.43. The van der Waals surface area contributed by atoms with E-state index in [-0.39, 0.29) is 11.9 Å². The van der Waals surface area contributed by atoms with Crippen molar-refractivity contribution >= 4 is 22.8 Å². The number of amides is 1. The van der Waals surface area contributed by atoms with E-state index >= 15 is 0 Å². The molecule has 3 aromatic carbocycles. The summed E-state index contributed by atoms with van der Waals surface area (Å²) in [5.74, 6) is 0.732. The third kappa shape index (κ3) is 3.01. The Morgan fingerprint density at radius 3 is 2.68 bits per heavy atom. The molecular formula is C22H19NO2. The van der Waals surface area contributed by atoms with Crippen LogP contribution in [0.1, 0.15) is 24.1 Å². The van der Waals surface area contributed by atoms with Gasteiger partial charge in [-0.25, -0.2) is 0 Å². The van der Waals surface area contributed by atoms with Crippen LogP contribution in [-0.4, -0.2) is 12.5 Å². The lowest BCUT2D eigenvalue weighted by Crippen LogP contribution is -2.31. The normalized spacial score (nSPS) is 14.2. The highest BCUT2D eigenvalue weighted by atomic mass is 16.5. The summed E-state index contributed by atoms with van der Waals surface area (Å²) in [7, 11) is 0. The van der Waals surface area contributed by atoms with Gasteiger partial charge in [0.25, 0.3) is 5.91 Å². The predicted octanol–water partition coefficient (Wildman–Crippen LogP) is 4.49. The van der Waals surface area contributed by atoms with Gasteiger partial charge in [0, 0.05) is 5.56 Å². The van der Waals surface area contributed by atoms with Crippen molar-refractivity contribution in [3.8, 4) is 5.75 Å². The Hall–Kier alpha value is -3.07. The van der Waals surface area contributed by atoms with Crippen LogP contribution in [0.2, 0.25) is 0 Å². The maximum absolute atomic E-state index is 12.7. The van der Waals surface area contributed by atoms with Crippen LogP contribution < -0.4 is 10.1 Å². The summed E-state index contributed by atoms with van der Waals surface area (Å²) in [4.78, 5) is 12.7. The Morgan fingerprint density at radius 2 is 1.76 bits per heavy atom. The van der Waals surface area contributed by atoms with E-state index in [1.165, 1.54) is 5.39 Å². The third-order valence-corrected chi connectivity index (χ3v) is 4.56. The van der Waals surface area contributed by atoms with Crippen molar-refractivity contribution in [3.05, 3.63) is 83.4 Å². The highest BCUT2D eigenvalue weighted by Crippen LogP contribution is 2.27. The molecule has 0 aromatic heterocycles. The average molecular weight is 329 g/mol. The number of benzene rings is 3. The summed E-state index contributed by atoms with van der Waals surface area (Å²) in [6.07, 6.45) is 1.91. The minimum Gasteiger partial charge on any atom is -0.488 e. The largest absolute Gasteiger partial charge is 0.488 e. The number of para-hydroxylation sites is 1. The van der Waals surface area contributed by atoms with Crippen LogP contribution in [0.3, 0.4) is 0 Å². The van der Waals surface area contributed by atoms with Crippen LogP contribution in [0.15, 0.2) is 72.3 Å². The van der Waals surface area contributed by atoms with Crippen molar-refractivity contribution in [1.29, 1.82) is 0 Å². The summed E-state index contributed by atoms with van der Waals surface area (Å²) in [5, 5.41) is 5.44. The highest BCUT2D eigenvalue weighted by Gasteiger charge is 2.19. The molecule has 4 rings (SSSR count). The van der Waals surface area contributed by atoms with Crippen LogP contribution in [0.25, 0.3) is 16.8 Å². The molecule has 1 N–H and O–H groups in total. The van der Waals surface area contributed by atoms with Gasteiger partial charge in [-0.2, -0.15) is 0 Å². The Bertz CT molecular complexity index is 969. The lowest BCUT2D eigenvalue weighted by atomic mass is 9.99. The van der Waals surface area contributed by atoms with Gasteiger partial charge >= 0.3 is 0 Å². The molecule has 0 spiro atoms. The highest BCUT2D eigenvalue weighted by molar-refractivity contribution is 5.99. The van der Waals surface area contributed by atoms with E-state index < -0.39 is 0 Å². The minimum absolute atomic E-state index is 0.0864. The molecule has 1 unspecified atom stereocenters. The molecule has 0 fully saturated rings. The lowest BCUT2D eigenvalue weighted by molar-refractivity contribution is -0.118. The standard InChI is InChI=1S/C22H19NO2/c1-15(19-11-6-9-16-7-2-4-10-20(16)19)23-22(24)18-13-17-8-3-5-12-21(17)25-14-18/h2-13,15H,14H2,1H3,(H,23,24). The Labute approximate surface area is 146 Å². The van der Waals surface area contributed by atoms with E-state index in [1.54, 1.807) is 0 Å². The fourth-order valence-electron chi connectivity index (χ4n) is 3.24. The Kier molecular flexibility index (Phi) is 3.98. The summed E-state index contributed by atoms with van der Waals surface area (Å²) in [5.41, 5.74) is 2.70. The first-order valence-corrected chi connectivity index (χ1v) is 8.43. The molecule has 3 heteroatoms. The quantitative estimate of drug-likeness (QED) is 0.769. The van der Waals surface area contributed by atoms with Gasteiger partial charge in [0.15, 0.2) is 0 Å². The fourth-order valence-corrected chi connectivity index (χ4v) is 3.24. The van der Waals surface area contributed by atoms with E-state index in [9.17, 15) is 4.79 Å². The van der Waals surface area contributed by atoms with Gasteiger partial charge in [-0.05, 0) is 35.4 Å². The smallest absolute Gasteiger partial charge is 0.251 e. The minimum atomic E-state index is -0.0880. The van der Waals surface area contributed by atoms with Crippen LogP contribution in [0, 0.1) is 0 Å². The Balaban J connectivity index is 1.58. The SMILES string of the molecule is CC(NC(=O)C1=Cc2ccccc2OC1)c1cccc2ccccc12. The van der Waals surface area contributed by atoms with Crippen molar-refractivity contribution < 1.29 is 9.53 Å². The molecule has 1 aliphatic rings. The molecule has 1 heterocycles. The number of fused-ring (bicyclic) bond motifs is 2. The molecular weight excluding hydrogens is 310 g/mol. The second kappa shape index (κ2) is 6.44. The van der Waals surface area contributed by atoms with E-state index in [0.717, 1.165) is 22.3 Å². The zero-order valence-electron chi connectivity index (χ0n) is 14.0. The molecule has 0 saturated heterocycles. The first kappa shape index (κ1) is 15.5. The van der Waals surface area contributed by atoms with Crippen molar-refractivity contribution in [3.63, 3.8) is 0 Å². The number of carbonyl (C=O) groups excluding carboxylic acids is 1. The van der Waals surface area contributed by atoms with Crippen LogP contribution in [-0.2, 0) is 4.79 Å². The number of hydrogen-bond acceptors (Lipinski definition) is 2. The summed E-state index contributed by atoms with van der Waals surface area (Å²) in [6, 6.07) is 22.1. The monoisotopic (exact) mass is 329 g/mol. The van der Waals surface area contributed by atoms with E-state index in [2.05, 4.69) is 29.6 Å². The summed E-state index contributed by atoms with van der Waals surface area (Å²) in [6.45, 7) is 2.31. The van der Waals surface area contributed by atoms with Crippen molar-refractivity contribution in [2.45, 2.75) is 13.0 Å². The maximum atomic E-state index is 12.7. The maximum Gasteiger partial charge on any atom is 0.251 e. The number of nitrogens with one attached hydrogen (secondary N) is 1. The number of hydrogen-bond donors (Lipinski definition) is 1. The average Bonchev–Trinajstić information content (AvgIpc) is 2.67. The van der Waals surface area contributed by atoms with E-state index in [0.29, 0.717) is 12.2 Å². The molecule has 0 radical (unpaired) electrons. The molecule has 124 valence electrons. The van der Waals surface area contributed by atoms with E-state index in [4.69, 9.17) is 4.74 Å². The predicted molar refractivity (Wildman–Crippen MR) is 100 cm³/mol. The third-order valence-electron chi connectivity index (χ3n) is 4.56. The molecule has 3 aromatic rings. The van der Waals surface area contributed by atoms with Crippen LogP contribution in [0.4, 0.5) is 0 Å². The molecule has 0 aliphatic carbocycles.